The van der Waals surface area contributed by atoms with E-state index in [1.165, 1.54) is 16.4 Å². The predicted octanol–water partition coefficient (Wildman–Crippen LogP) is 2.54. The lowest BCUT2D eigenvalue weighted by Gasteiger charge is -2.35. The summed E-state index contributed by atoms with van der Waals surface area (Å²) in [6.45, 7) is 3.46. The summed E-state index contributed by atoms with van der Waals surface area (Å²) in [6, 6.07) is 14.3. The molecule has 0 radical (unpaired) electrons. The number of rotatable bonds is 8. The number of sulfonamides is 1. The van der Waals surface area contributed by atoms with Crippen molar-refractivity contribution in [3.05, 3.63) is 71.3 Å². The molecule has 0 saturated carbocycles. The Hall–Kier alpha value is -2.47. The Morgan fingerprint density at radius 1 is 0.944 bits per heavy atom. The molecule has 2 aliphatic heterocycles. The molecule has 0 bridgehead atoms. The fourth-order valence-corrected chi connectivity index (χ4v) is 6.21. The van der Waals surface area contributed by atoms with Gasteiger partial charge in [-0.15, -0.1) is 0 Å². The molecule has 1 amide bonds. The van der Waals surface area contributed by atoms with Gasteiger partial charge in [-0.3, -0.25) is 9.69 Å². The number of carbonyl (C=O) groups is 1. The molecule has 0 aromatic heterocycles. The van der Waals surface area contributed by atoms with Crippen LogP contribution in [0.5, 0.6) is 0 Å². The van der Waals surface area contributed by atoms with E-state index in [1.54, 1.807) is 23.1 Å². The van der Waals surface area contributed by atoms with Gasteiger partial charge in [-0.2, -0.15) is 13.2 Å². The van der Waals surface area contributed by atoms with Crippen LogP contribution in [0.3, 0.4) is 0 Å². The van der Waals surface area contributed by atoms with Gasteiger partial charge in [0.15, 0.2) is 0 Å². The average Bonchev–Trinajstić information content (AvgIpc) is 3.33. The van der Waals surface area contributed by atoms with E-state index < -0.39 is 21.8 Å². The monoisotopic (exact) mass is 524 g/mol. The molecule has 2 aromatic rings. The number of nitrogens with zero attached hydrogens (tertiary/aromatic N) is 3. The standard InChI is InChI=1S/C25H31F3N4O3S/c26-25(27,28)22-8-4-7-21(15-22)17-30-11-13-31(14-12-30)24(33)16-29-23-9-10-32(18-23)36(34,35)19-20-5-2-1-3-6-20/h1-8,15,23,29H,9-14,16-19H2/t23-/m0/s1. The zero-order chi connectivity index (χ0) is 25.8. The summed E-state index contributed by atoms with van der Waals surface area (Å²) in [5.41, 5.74) is 0.689. The van der Waals surface area contributed by atoms with Gasteiger partial charge in [0, 0.05) is 51.9 Å². The van der Waals surface area contributed by atoms with Gasteiger partial charge in [0.05, 0.1) is 17.9 Å². The van der Waals surface area contributed by atoms with Gasteiger partial charge in [-0.1, -0.05) is 48.5 Å². The van der Waals surface area contributed by atoms with Crippen molar-refractivity contribution in [3.63, 3.8) is 0 Å². The van der Waals surface area contributed by atoms with Crippen LogP contribution in [0.15, 0.2) is 54.6 Å². The van der Waals surface area contributed by atoms with Crippen molar-refractivity contribution in [1.82, 2.24) is 19.4 Å². The molecule has 2 heterocycles. The molecule has 0 aliphatic carbocycles. The molecule has 4 rings (SSSR count). The SMILES string of the molecule is O=C(CN[C@H]1CCN(S(=O)(=O)Cc2ccccc2)C1)N1CCN(Cc2cccc(C(F)(F)F)c2)CC1. The normalized spacial score (nSPS) is 20.1. The van der Waals surface area contributed by atoms with Crippen LogP contribution in [-0.2, 0) is 33.3 Å². The Bertz CT molecular complexity index is 1140. The van der Waals surface area contributed by atoms with Crippen molar-refractivity contribution in [2.24, 2.45) is 0 Å². The van der Waals surface area contributed by atoms with Crippen LogP contribution in [0.25, 0.3) is 0 Å². The summed E-state index contributed by atoms with van der Waals surface area (Å²) < 4.78 is 65.8. The Morgan fingerprint density at radius 2 is 1.64 bits per heavy atom. The van der Waals surface area contributed by atoms with Crippen molar-refractivity contribution in [2.45, 2.75) is 30.9 Å². The topological polar surface area (TPSA) is 73.0 Å². The van der Waals surface area contributed by atoms with E-state index in [-0.39, 0.29) is 24.2 Å². The minimum absolute atomic E-state index is 0.0374. The highest BCUT2D eigenvalue weighted by Crippen LogP contribution is 2.29. The van der Waals surface area contributed by atoms with Crippen LogP contribution in [-0.4, -0.2) is 80.3 Å². The summed E-state index contributed by atoms with van der Waals surface area (Å²) in [5.74, 6) is -0.0936. The summed E-state index contributed by atoms with van der Waals surface area (Å²) in [7, 11) is -3.42. The molecule has 36 heavy (non-hydrogen) atoms. The number of nitrogens with one attached hydrogen (secondary N) is 1. The van der Waals surface area contributed by atoms with Crippen molar-refractivity contribution in [3.8, 4) is 0 Å². The summed E-state index contributed by atoms with van der Waals surface area (Å²) in [5, 5.41) is 3.20. The fraction of sp³-hybridized carbons (Fsp3) is 0.480. The molecule has 1 N–H and O–H groups in total. The van der Waals surface area contributed by atoms with E-state index in [1.807, 2.05) is 23.1 Å². The van der Waals surface area contributed by atoms with E-state index in [0.29, 0.717) is 57.8 Å². The third-order valence-electron chi connectivity index (χ3n) is 6.66. The Balaban J connectivity index is 1.19. The third-order valence-corrected chi connectivity index (χ3v) is 8.48. The van der Waals surface area contributed by atoms with Gasteiger partial charge in [0.25, 0.3) is 0 Å². The van der Waals surface area contributed by atoms with E-state index in [4.69, 9.17) is 0 Å². The number of piperazine rings is 1. The van der Waals surface area contributed by atoms with Gasteiger partial charge in [0.2, 0.25) is 15.9 Å². The van der Waals surface area contributed by atoms with Crippen LogP contribution >= 0.6 is 0 Å². The van der Waals surface area contributed by atoms with Gasteiger partial charge < -0.3 is 10.2 Å². The van der Waals surface area contributed by atoms with Crippen LogP contribution in [0.4, 0.5) is 13.2 Å². The molecule has 2 saturated heterocycles. The molecule has 196 valence electrons. The number of hydrogen-bond donors (Lipinski definition) is 1. The van der Waals surface area contributed by atoms with Crippen LogP contribution in [0.1, 0.15) is 23.1 Å². The molecule has 11 heteroatoms. The Labute approximate surface area is 209 Å². The molecular formula is C25H31F3N4O3S. The van der Waals surface area contributed by atoms with Crippen molar-refractivity contribution in [2.75, 3.05) is 45.8 Å². The highest BCUT2D eigenvalue weighted by Gasteiger charge is 2.32. The molecule has 1 atom stereocenters. The number of amides is 1. The zero-order valence-corrected chi connectivity index (χ0v) is 20.8. The fourth-order valence-electron chi connectivity index (χ4n) is 4.63. The second-order valence-corrected chi connectivity index (χ2v) is 11.3. The molecule has 7 nitrogen and oxygen atoms in total. The highest BCUT2D eigenvalue weighted by atomic mass is 32.2. The average molecular weight is 525 g/mol. The predicted molar refractivity (Wildman–Crippen MR) is 130 cm³/mol. The first-order valence-electron chi connectivity index (χ1n) is 12.0. The number of alkyl halides is 3. The smallest absolute Gasteiger partial charge is 0.339 e. The first-order chi connectivity index (χ1) is 17.1. The van der Waals surface area contributed by atoms with Crippen molar-refractivity contribution >= 4 is 15.9 Å². The number of benzene rings is 2. The van der Waals surface area contributed by atoms with E-state index >= 15 is 0 Å². The Morgan fingerprint density at radius 3 is 2.33 bits per heavy atom. The quantitative estimate of drug-likeness (QED) is 0.575. The zero-order valence-electron chi connectivity index (χ0n) is 20.0. The molecule has 2 fully saturated rings. The van der Waals surface area contributed by atoms with Gasteiger partial charge >= 0.3 is 6.18 Å². The van der Waals surface area contributed by atoms with Gasteiger partial charge in [0.1, 0.15) is 0 Å². The first-order valence-corrected chi connectivity index (χ1v) is 13.6. The summed E-state index contributed by atoms with van der Waals surface area (Å²) in [6.07, 6.45) is -3.72. The number of hydrogen-bond acceptors (Lipinski definition) is 5. The molecule has 2 aliphatic rings. The van der Waals surface area contributed by atoms with Crippen LogP contribution in [0, 0.1) is 0 Å². The number of carbonyl (C=O) groups excluding carboxylic acids is 1. The second kappa shape index (κ2) is 11.3. The third kappa shape index (κ3) is 7.06. The minimum Gasteiger partial charge on any atom is -0.339 e. The molecular weight excluding hydrogens is 493 g/mol. The maximum Gasteiger partial charge on any atom is 0.416 e. The largest absolute Gasteiger partial charge is 0.416 e. The maximum absolute atomic E-state index is 12.9. The first kappa shape index (κ1) is 26.6. The van der Waals surface area contributed by atoms with Crippen molar-refractivity contribution < 1.29 is 26.4 Å². The number of halogens is 3. The lowest BCUT2D eigenvalue weighted by molar-refractivity contribution is -0.137. The lowest BCUT2D eigenvalue weighted by Crippen LogP contribution is -2.51. The second-order valence-electron chi connectivity index (χ2n) is 9.32. The highest BCUT2D eigenvalue weighted by molar-refractivity contribution is 7.88. The van der Waals surface area contributed by atoms with E-state index in [2.05, 4.69) is 5.32 Å². The van der Waals surface area contributed by atoms with Gasteiger partial charge in [-0.25, -0.2) is 12.7 Å². The molecule has 0 spiro atoms. The van der Waals surface area contributed by atoms with E-state index in [9.17, 15) is 26.4 Å². The minimum atomic E-state index is -4.36. The summed E-state index contributed by atoms with van der Waals surface area (Å²) >= 11 is 0. The Kier molecular flexibility index (Phi) is 8.34. The van der Waals surface area contributed by atoms with E-state index in [0.717, 1.165) is 11.6 Å². The molecule has 0 unspecified atom stereocenters. The van der Waals surface area contributed by atoms with Crippen LogP contribution < -0.4 is 5.32 Å². The van der Waals surface area contributed by atoms with Gasteiger partial charge in [-0.05, 0) is 23.6 Å². The molecule has 2 aromatic carbocycles. The lowest BCUT2D eigenvalue weighted by atomic mass is 10.1. The summed E-state index contributed by atoms with van der Waals surface area (Å²) in [4.78, 5) is 16.5. The van der Waals surface area contributed by atoms with Crippen LogP contribution in [0.2, 0.25) is 0 Å². The maximum atomic E-state index is 12.9. The van der Waals surface area contributed by atoms with Crippen molar-refractivity contribution in [1.29, 1.82) is 0 Å².